The second-order valence-corrected chi connectivity index (χ2v) is 5.56. The molecule has 0 spiro atoms. The lowest BCUT2D eigenvalue weighted by Gasteiger charge is -2.12. The summed E-state index contributed by atoms with van der Waals surface area (Å²) in [5.74, 6) is 0.0157. The van der Waals surface area contributed by atoms with Crippen molar-refractivity contribution in [2.45, 2.75) is 44.7 Å². The molecule has 110 valence electrons. The fraction of sp³-hybridized carbons (Fsp3) is 0.438. The number of nitrogens with zero attached hydrogens (tertiary/aromatic N) is 2. The molecule has 1 aromatic carbocycles. The van der Waals surface area contributed by atoms with Crippen molar-refractivity contribution in [1.29, 1.82) is 0 Å². The molecule has 3 rings (SSSR count). The number of para-hydroxylation sites is 1. The molecular formula is C16H19N3O2. The van der Waals surface area contributed by atoms with Gasteiger partial charge in [0.15, 0.2) is 0 Å². The van der Waals surface area contributed by atoms with E-state index >= 15 is 0 Å². The van der Waals surface area contributed by atoms with Crippen molar-refractivity contribution in [3.05, 3.63) is 40.9 Å². The third kappa shape index (κ3) is 3.12. The third-order valence-electron chi connectivity index (χ3n) is 4.03. The highest BCUT2D eigenvalue weighted by Crippen LogP contribution is 2.17. The SMILES string of the molecule is O=C(CCn1cnc2ccccc2c1=O)NC1CCCC1. The maximum atomic E-state index is 12.3. The number of nitrogens with one attached hydrogen (secondary N) is 1. The smallest absolute Gasteiger partial charge is 0.261 e. The van der Waals surface area contributed by atoms with Crippen LogP contribution in [0.5, 0.6) is 0 Å². The highest BCUT2D eigenvalue weighted by atomic mass is 16.2. The second kappa shape index (κ2) is 6.08. The van der Waals surface area contributed by atoms with E-state index in [4.69, 9.17) is 0 Å². The zero-order valence-electron chi connectivity index (χ0n) is 11.9. The Labute approximate surface area is 123 Å². The Balaban J connectivity index is 1.66. The summed E-state index contributed by atoms with van der Waals surface area (Å²) in [5.41, 5.74) is 0.600. The standard InChI is InChI=1S/C16H19N3O2/c20-15(18-12-5-1-2-6-12)9-10-19-11-17-14-8-4-3-7-13(14)16(19)21/h3-4,7-8,11-12H,1-2,5-6,9-10H2,(H,18,20). The number of carbonyl (C=O) groups is 1. The van der Waals surface area contributed by atoms with E-state index in [0.29, 0.717) is 29.9 Å². The summed E-state index contributed by atoms with van der Waals surface area (Å²) in [4.78, 5) is 28.4. The number of aromatic nitrogens is 2. The van der Waals surface area contributed by atoms with Crippen LogP contribution in [-0.4, -0.2) is 21.5 Å². The lowest BCUT2D eigenvalue weighted by Crippen LogP contribution is -2.34. The first-order valence-corrected chi connectivity index (χ1v) is 7.47. The maximum Gasteiger partial charge on any atom is 0.261 e. The summed E-state index contributed by atoms with van der Waals surface area (Å²) < 4.78 is 1.51. The Morgan fingerprint density at radius 2 is 2.05 bits per heavy atom. The van der Waals surface area contributed by atoms with E-state index in [-0.39, 0.29) is 11.5 Å². The Morgan fingerprint density at radius 3 is 2.86 bits per heavy atom. The zero-order chi connectivity index (χ0) is 14.7. The van der Waals surface area contributed by atoms with Crippen LogP contribution in [0, 0.1) is 0 Å². The molecule has 1 aliphatic carbocycles. The molecule has 5 heteroatoms. The minimum atomic E-state index is -0.0886. The zero-order valence-corrected chi connectivity index (χ0v) is 11.9. The molecule has 1 N–H and O–H groups in total. The van der Waals surface area contributed by atoms with Crippen molar-refractivity contribution >= 4 is 16.8 Å². The van der Waals surface area contributed by atoms with Gasteiger partial charge in [-0.25, -0.2) is 4.98 Å². The normalized spacial score (nSPS) is 15.4. The van der Waals surface area contributed by atoms with Crippen molar-refractivity contribution in [2.75, 3.05) is 0 Å². The van der Waals surface area contributed by atoms with Gasteiger partial charge in [-0.3, -0.25) is 14.2 Å². The summed E-state index contributed by atoms with van der Waals surface area (Å²) in [6.45, 7) is 0.370. The van der Waals surface area contributed by atoms with Crippen LogP contribution in [0.15, 0.2) is 35.4 Å². The summed E-state index contributed by atoms with van der Waals surface area (Å²) in [7, 11) is 0. The predicted molar refractivity (Wildman–Crippen MR) is 81.0 cm³/mol. The Bertz CT molecular complexity index is 702. The van der Waals surface area contributed by atoms with Gasteiger partial charge >= 0.3 is 0 Å². The van der Waals surface area contributed by atoms with Gasteiger partial charge in [0.2, 0.25) is 5.91 Å². The molecule has 0 unspecified atom stereocenters. The molecule has 0 saturated heterocycles. The van der Waals surface area contributed by atoms with E-state index in [1.165, 1.54) is 23.7 Å². The number of amides is 1. The van der Waals surface area contributed by atoms with Gasteiger partial charge in [0, 0.05) is 19.0 Å². The van der Waals surface area contributed by atoms with Crippen LogP contribution in [0.1, 0.15) is 32.1 Å². The van der Waals surface area contributed by atoms with Crippen molar-refractivity contribution in [3.63, 3.8) is 0 Å². The highest BCUT2D eigenvalue weighted by Gasteiger charge is 2.16. The first-order valence-electron chi connectivity index (χ1n) is 7.47. The Morgan fingerprint density at radius 1 is 1.29 bits per heavy atom. The van der Waals surface area contributed by atoms with E-state index < -0.39 is 0 Å². The quantitative estimate of drug-likeness (QED) is 0.932. The molecule has 0 bridgehead atoms. The molecule has 21 heavy (non-hydrogen) atoms. The minimum Gasteiger partial charge on any atom is -0.353 e. The van der Waals surface area contributed by atoms with Crippen molar-refractivity contribution in [3.8, 4) is 0 Å². The molecule has 1 amide bonds. The van der Waals surface area contributed by atoms with E-state index in [9.17, 15) is 9.59 Å². The number of rotatable bonds is 4. The average molecular weight is 285 g/mol. The lowest BCUT2D eigenvalue weighted by atomic mass is 10.2. The van der Waals surface area contributed by atoms with Crippen LogP contribution < -0.4 is 10.9 Å². The number of hydrogen-bond donors (Lipinski definition) is 1. The largest absolute Gasteiger partial charge is 0.353 e. The lowest BCUT2D eigenvalue weighted by molar-refractivity contribution is -0.122. The summed E-state index contributed by atoms with van der Waals surface area (Å²) in [5, 5.41) is 3.62. The van der Waals surface area contributed by atoms with Crippen molar-refractivity contribution in [2.24, 2.45) is 0 Å². The number of fused-ring (bicyclic) bond motifs is 1. The first-order chi connectivity index (χ1) is 10.2. The van der Waals surface area contributed by atoms with E-state index in [1.807, 2.05) is 18.2 Å². The molecule has 1 heterocycles. The van der Waals surface area contributed by atoms with Gasteiger partial charge in [0.25, 0.3) is 5.56 Å². The van der Waals surface area contributed by atoms with E-state index in [2.05, 4.69) is 10.3 Å². The molecule has 5 nitrogen and oxygen atoms in total. The summed E-state index contributed by atoms with van der Waals surface area (Å²) in [6, 6.07) is 7.58. The Kier molecular flexibility index (Phi) is 3.99. The van der Waals surface area contributed by atoms with Gasteiger partial charge in [0.05, 0.1) is 17.2 Å². The average Bonchev–Trinajstić information content (AvgIpc) is 3.00. The van der Waals surface area contributed by atoms with Crippen molar-refractivity contribution < 1.29 is 4.79 Å². The molecule has 0 atom stereocenters. The molecule has 1 saturated carbocycles. The fourth-order valence-corrected chi connectivity index (χ4v) is 2.86. The molecule has 0 radical (unpaired) electrons. The van der Waals surface area contributed by atoms with Crippen molar-refractivity contribution in [1.82, 2.24) is 14.9 Å². The van der Waals surface area contributed by atoms with Crippen LogP contribution in [0.2, 0.25) is 0 Å². The second-order valence-electron chi connectivity index (χ2n) is 5.56. The number of carbonyl (C=O) groups excluding carboxylic acids is 1. The summed E-state index contributed by atoms with van der Waals surface area (Å²) in [6.07, 6.45) is 6.37. The van der Waals surface area contributed by atoms with E-state index in [1.54, 1.807) is 6.07 Å². The van der Waals surface area contributed by atoms with Crippen LogP contribution in [0.25, 0.3) is 10.9 Å². The number of benzene rings is 1. The van der Waals surface area contributed by atoms with Gasteiger partial charge < -0.3 is 5.32 Å². The monoisotopic (exact) mass is 285 g/mol. The van der Waals surface area contributed by atoms with Gasteiger partial charge in [0.1, 0.15) is 0 Å². The third-order valence-corrected chi connectivity index (χ3v) is 4.03. The first kappa shape index (κ1) is 13.8. The molecular weight excluding hydrogens is 266 g/mol. The molecule has 2 aromatic rings. The number of hydrogen-bond acceptors (Lipinski definition) is 3. The molecule has 1 aromatic heterocycles. The fourth-order valence-electron chi connectivity index (χ4n) is 2.86. The van der Waals surface area contributed by atoms with Gasteiger partial charge in [-0.2, -0.15) is 0 Å². The summed E-state index contributed by atoms with van der Waals surface area (Å²) >= 11 is 0. The Hall–Kier alpha value is -2.17. The molecule has 0 aliphatic heterocycles. The molecule has 1 fully saturated rings. The van der Waals surface area contributed by atoms with Gasteiger partial charge in [-0.15, -0.1) is 0 Å². The number of aryl methyl sites for hydroxylation is 1. The van der Waals surface area contributed by atoms with Crippen LogP contribution in [-0.2, 0) is 11.3 Å². The molecule has 1 aliphatic rings. The minimum absolute atomic E-state index is 0.0157. The predicted octanol–water partition coefficient (Wildman–Crippen LogP) is 1.85. The van der Waals surface area contributed by atoms with Crippen LogP contribution >= 0.6 is 0 Å². The van der Waals surface area contributed by atoms with Gasteiger partial charge in [-0.1, -0.05) is 25.0 Å². The van der Waals surface area contributed by atoms with E-state index in [0.717, 1.165) is 12.8 Å². The van der Waals surface area contributed by atoms with Gasteiger partial charge in [-0.05, 0) is 25.0 Å². The van der Waals surface area contributed by atoms with Crippen LogP contribution in [0.4, 0.5) is 0 Å². The topological polar surface area (TPSA) is 64.0 Å². The maximum absolute atomic E-state index is 12.3. The highest BCUT2D eigenvalue weighted by molar-refractivity contribution is 5.77. The van der Waals surface area contributed by atoms with Crippen LogP contribution in [0.3, 0.4) is 0 Å².